The summed E-state index contributed by atoms with van der Waals surface area (Å²) in [6, 6.07) is 4.05. The van der Waals surface area contributed by atoms with Crippen LogP contribution >= 0.6 is 0 Å². The summed E-state index contributed by atoms with van der Waals surface area (Å²) < 4.78 is 3.68. The van der Waals surface area contributed by atoms with Gasteiger partial charge in [-0.3, -0.25) is 0 Å². The summed E-state index contributed by atoms with van der Waals surface area (Å²) in [4.78, 5) is 11.4. The quantitative estimate of drug-likeness (QED) is 0.740. The van der Waals surface area contributed by atoms with Gasteiger partial charge in [-0.05, 0) is 50.5 Å². The Hall–Kier alpha value is -2.70. The van der Waals surface area contributed by atoms with Crippen molar-refractivity contribution < 1.29 is 0 Å². The number of anilines is 1. The molecule has 3 aromatic rings. The number of rotatable bonds is 3. The summed E-state index contributed by atoms with van der Waals surface area (Å²) in [7, 11) is 1.91. The molecule has 0 spiro atoms. The Morgan fingerprint density at radius 3 is 2.58 bits per heavy atom. The Labute approximate surface area is 140 Å². The van der Waals surface area contributed by atoms with Crippen LogP contribution in [0.3, 0.4) is 0 Å². The van der Waals surface area contributed by atoms with Crippen molar-refractivity contribution in [3.8, 4) is 0 Å². The number of aromatic nitrogens is 6. The van der Waals surface area contributed by atoms with E-state index in [1.54, 1.807) is 4.68 Å². The van der Waals surface area contributed by atoms with Crippen molar-refractivity contribution in [3.05, 3.63) is 35.0 Å². The average molecular weight is 323 g/mol. The van der Waals surface area contributed by atoms with Crippen LogP contribution in [0.4, 0.5) is 5.95 Å². The second kappa shape index (κ2) is 5.74. The molecule has 3 aromatic heterocycles. The van der Waals surface area contributed by atoms with Crippen LogP contribution < -0.4 is 4.90 Å². The van der Waals surface area contributed by atoms with Gasteiger partial charge in [-0.2, -0.15) is 4.98 Å². The lowest BCUT2D eigenvalue weighted by Gasteiger charge is -2.10. The average Bonchev–Trinajstić information content (AvgIpc) is 3.28. The highest BCUT2D eigenvalue weighted by atomic mass is 15.4. The first kappa shape index (κ1) is 14.9. The molecule has 124 valence electrons. The van der Waals surface area contributed by atoms with Crippen molar-refractivity contribution in [3.63, 3.8) is 0 Å². The molecular weight excluding hydrogens is 302 g/mol. The minimum Gasteiger partial charge on any atom is -0.340 e. The molecule has 0 saturated carbocycles. The van der Waals surface area contributed by atoms with Gasteiger partial charge in [0.2, 0.25) is 5.95 Å². The Balaban J connectivity index is 1.62. The van der Waals surface area contributed by atoms with Gasteiger partial charge in [0.1, 0.15) is 0 Å². The van der Waals surface area contributed by atoms with E-state index in [4.69, 9.17) is 0 Å². The molecular formula is C17H21N7. The van der Waals surface area contributed by atoms with E-state index in [-0.39, 0.29) is 0 Å². The maximum absolute atomic E-state index is 4.62. The van der Waals surface area contributed by atoms with Crippen molar-refractivity contribution in [2.45, 2.75) is 26.7 Å². The van der Waals surface area contributed by atoms with Crippen LogP contribution in [0.25, 0.3) is 17.8 Å². The zero-order chi connectivity index (χ0) is 16.7. The van der Waals surface area contributed by atoms with Crippen molar-refractivity contribution in [1.29, 1.82) is 0 Å². The third-order valence-electron chi connectivity index (χ3n) is 4.58. The first-order chi connectivity index (χ1) is 11.6. The zero-order valence-electron chi connectivity index (χ0n) is 14.3. The molecule has 1 aliphatic rings. The molecule has 0 N–H and O–H groups in total. The number of fused-ring (bicyclic) bond motifs is 1. The molecule has 4 heterocycles. The highest BCUT2D eigenvalue weighted by Crippen LogP contribution is 2.17. The largest absolute Gasteiger partial charge is 0.340 e. The molecule has 0 aromatic carbocycles. The molecule has 0 bridgehead atoms. The molecule has 1 saturated heterocycles. The predicted octanol–water partition coefficient (Wildman–Crippen LogP) is 2.25. The van der Waals surface area contributed by atoms with Gasteiger partial charge in [-0.15, -0.1) is 10.2 Å². The summed E-state index contributed by atoms with van der Waals surface area (Å²) in [5, 5.41) is 9.06. The van der Waals surface area contributed by atoms with Crippen LogP contribution in [0.2, 0.25) is 0 Å². The number of pyridine rings is 1. The lowest BCUT2D eigenvalue weighted by molar-refractivity contribution is 0.747. The highest BCUT2D eigenvalue weighted by molar-refractivity contribution is 5.64. The molecule has 0 aliphatic carbocycles. The van der Waals surface area contributed by atoms with Crippen LogP contribution in [0.1, 0.15) is 35.7 Å². The van der Waals surface area contributed by atoms with Crippen LogP contribution in [-0.4, -0.2) is 42.5 Å². The molecule has 7 nitrogen and oxygen atoms in total. The first-order valence-corrected chi connectivity index (χ1v) is 8.29. The lowest BCUT2D eigenvalue weighted by Crippen LogP contribution is -2.19. The molecule has 24 heavy (non-hydrogen) atoms. The van der Waals surface area contributed by atoms with E-state index in [9.17, 15) is 0 Å². The highest BCUT2D eigenvalue weighted by Gasteiger charge is 2.17. The van der Waals surface area contributed by atoms with Gasteiger partial charge in [0.15, 0.2) is 17.3 Å². The van der Waals surface area contributed by atoms with E-state index in [2.05, 4.69) is 45.0 Å². The van der Waals surface area contributed by atoms with Crippen molar-refractivity contribution in [2.24, 2.45) is 7.05 Å². The summed E-state index contributed by atoms with van der Waals surface area (Å²) >= 11 is 0. The second-order valence-electron chi connectivity index (χ2n) is 6.26. The third-order valence-corrected chi connectivity index (χ3v) is 4.58. The first-order valence-electron chi connectivity index (χ1n) is 8.29. The monoisotopic (exact) mass is 323 g/mol. The molecule has 0 radical (unpaired) electrons. The van der Waals surface area contributed by atoms with E-state index in [0.29, 0.717) is 5.82 Å². The Morgan fingerprint density at radius 2 is 1.79 bits per heavy atom. The maximum atomic E-state index is 4.62. The number of aryl methyl sites for hydroxylation is 3. The standard InChI is InChI=1S/C17H21N7/c1-12-6-8-16-18-14(20-24(16)13(12)2)7-9-15-19-17(21-22(15)3)23-10-4-5-11-23/h6-9H,4-5,10-11H2,1-3H3. The summed E-state index contributed by atoms with van der Waals surface area (Å²) in [6.45, 7) is 6.21. The molecule has 7 heteroatoms. The van der Waals surface area contributed by atoms with E-state index < -0.39 is 0 Å². The van der Waals surface area contributed by atoms with Gasteiger partial charge in [0.05, 0.1) is 0 Å². The molecule has 0 amide bonds. The summed E-state index contributed by atoms with van der Waals surface area (Å²) in [5.74, 6) is 2.29. The predicted molar refractivity (Wildman–Crippen MR) is 93.8 cm³/mol. The van der Waals surface area contributed by atoms with E-state index in [0.717, 1.165) is 36.2 Å². The number of hydrogen-bond donors (Lipinski definition) is 0. The van der Waals surface area contributed by atoms with Crippen LogP contribution in [0.5, 0.6) is 0 Å². The maximum Gasteiger partial charge on any atom is 0.245 e. The summed E-state index contributed by atoms with van der Waals surface area (Å²) in [5.41, 5.74) is 3.16. The fourth-order valence-electron chi connectivity index (χ4n) is 2.98. The Morgan fingerprint density at radius 1 is 1.00 bits per heavy atom. The van der Waals surface area contributed by atoms with Crippen molar-refractivity contribution >= 4 is 23.7 Å². The minimum atomic E-state index is 0.675. The normalized spacial score (nSPS) is 15.2. The van der Waals surface area contributed by atoms with E-state index in [1.165, 1.54) is 18.4 Å². The SMILES string of the molecule is Cc1ccc2nc(C=Cc3nc(N4CCCC4)nn3C)nn2c1C. The summed E-state index contributed by atoms with van der Waals surface area (Å²) in [6.07, 6.45) is 6.24. The van der Waals surface area contributed by atoms with Crippen LogP contribution in [-0.2, 0) is 7.05 Å². The Kier molecular flexibility index (Phi) is 3.55. The third kappa shape index (κ3) is 2.55. The molecule has 1 aliphatic heterocycles. The smallest absolute Gasteiger partial charge is 0.245 e. The Bertz CT molecular complexity index is 913. The zero-order valence-corrected chi connectivity index (χ0v) is 14.3. The van der Waals surface area contributed by atoms with Crippen molar-refractivity contribution in [2.75, 3.05) is 18.0 Å². The van der Waals surface area contributed by atoms with Crippen molar-refractivity contribution in [1.82, 2.24) is 29.4 Å². The fourth-order valence-corrected chi connectivity index (χ4v) is 2.98. The van der Waals surface area contributed by atoms with E-state index in [1.807, 2.05) is 29.8 Å². The van der Waals surface area contributed by atoms with Gasteiger partial charge in [-0.1, -0.05) is 6.07 Å². The van der Waals surface area contributed by atoms with E-state index >= 15 is 0 Å². The fraction of sp³-hybridized carbons (Fsp3) is 0.412. The topological polar surface area (TPSA) is 64.1 Å². The van der Waals surface area contributed by atoms with Gasteiger partial charge < -0.3 is 4.90 Å². The number of hydrogen-bond acceptors (Lipinski definition) is 5. The minimum absolute atomic E-state index is 0.675. The van der Waals surface area contributed by atoms with Gasteiger partial charge in [-0.25, -0.2) is 14.2 Å². The lowest BCUT2D eigenvalue weighted by atomic mass is 10.2. The molecule has 1 fully saturated rings. The van der Waals surface area contributed by atoms with Crippen LogP contribution in [0.15, 0.2) is 12.1 Å². The molecule has 0 atom stereocenters. The van der Waals surface area contributed by atoms with Gasteiger partial charge >= 0.3 is 0 Å². The number of nitrogens with zero attached hydrogens (tertiary/aromatic N) is 7. The van der Waals surface area contributed by atoms with Crippen LogP contribution in [0, 0.1) is 13.8 Å². The van der Waals surface area contributed by atoms with Gasteiger partial charge in [0, 0.05) is 25.8 Å². The second-order valence-corrected chi connectivity index (χ2v) is 6.26. The van der Waals surface area contributed by atoms with Gasteiger partial charge in [0.25, 0.3) is 0 Å². The molecule has 0 unspecified atom stereocenters. The molecule has 4 rings (SSSR count).